The molecule has 0 radical (unpaired) electrons. The normalized spacial score (nSPS) is 15.3. The van der Waals surface area contributed by atoms with E-state index < -0.39 is 0 Å². The van der Waals surface area contributed by atoms with Gasteiger partial charge in [-0.15, -0.1) is 0 Å². The molecule has 24 heavy (non-hydrogen) atoms. The Morgan fingerprint density at radius 3 is 2.67 bits per heavy atom. The first-order chi connectivity index (χ1) is 11.6. The van der Waals surface area contributed by atoms with Gasteiger partial charge in [0.15, 0.2) is 5.65 Å². The van der Waals surface area contributed by atoms with Gasteiger partial charge in [0.05, 0.1) is 11.3 Å². The zero-order valence-corrected chi connectivity index (χ0v) is 14.8. The molecule has 0 unspecified atom stereocenters. The lowest BCUT2D eigenvalue weighted by Crippen LogP contribution is -2.17. The molecule has 4 nitrogen and oxygen atoms in total. The Morgan fingerprint density at radius 2 is 1.92 bits per heavy atom. The van der Waals surface area contributed by atoms with Crippen LogP contribution < -0.4 is 5.32 Å². The molecule has 1 aliphatic rings. The summed E-state index contributed by atoms with van der Waals surface area (Å²) >= 11 is 6.42. The van der Waals surface area contributed by atoms with E-state index in [2.05, 4.69) is 11.4 Å². The highest BCUT2D eigenvalue weighted by atomic mass is 35.5. The van der Waals surface area contributed by atoms with Crippen molar-refractivity contribution in [3.8, 4) is 11.1 Å². The van der Waals surface area contributed by atoms with Crippen molar-refractivity contribution in [1.29, 1.82) is 0 Å². The second-order valence-electron chi connectivity index (χ2n) is 6.58. The van der Waals surface area contributed by atoms with E-state index in [1.807, 2.05) is 42.6 Å². The summed E-state index contributed by atoms with van der Waals surface area (Å²) in [5.74, 6) is 1.02. The smallest absolute Gasteiger partial charge is 0.165 e. The van der Waals surface area contributed by atoms with Crippen molar-refractivity contribution in [2.45, 2.75) is 45.6 Å². The minimum atomic E-state index is 0.531. The van der Waals surface area contributed by atoms with Crippen molar-refractivity contribution in [2.24, 2.45) is 0 Å². The molecule has 1 aromatic carbocycles. The van der Waals surface area contributed by atoms with Gasteiger partial charge in [-0.2, -0.15) is 9.61 Å². The number of nitrogens with one attached hydrogen (secondary N) is 1. The lowest BCUT2D eigenvalue weighted by Gasteiger charge is -2.15. The summed E-state index contributed by atoms with van der Waals surface area (Å²) in [5.41, 5.74) is 4.78. The summed E-state index contributed by atoms with van der Waals surface area (Å²) in [4.78, 5) is 4.75. The SMILES string of the molecule is Cc1cc(NC2CCCC2)n2nc(C)c(-c3ccccc3Cl)c2n1. The van der Waals surface area contributed by atoms with E-state index in [-0.39, 0.29) is 0 Å². The maximum absolute atomic E-state index is 6.42. The summed E-state index contributed by atoms with van der Waals surface area (Å²) < 4.78 is 1.93. The molecule has 5 heteroatoms. The number of hydrogen-bond acceptors (Lipinski definition) is 3. The second kappa shape index (κ2) is 6.10. The lowest BCUT2D eigenvalue weighted by molar-refractivity contribution is 0.738. The zero-order chi connectivity index (χ0) is 16.7. The van der Waals surface area contributed by atoms with Gasteiger partial charge >= 0.3 is 0 Å². The van der Waals surface area contributed by atoms with Gasteiger partial charge < -0.3 is 5.32 Å². The molecule has 3 aromatic rings. The molecule has 0 bridgehead atoms. The summed E-state index contributed by atoms with van der Waals surface area (Å²) in [7, 11) is 0. The highest BCUT2D eigenvalue weighted by Gasteiger charge is 2.20. The van der Waals surface area contributed by atoms with E-state index in [9.17, 15) is 0 Å². The Bertz CT molecular complexity index is 894. The Hall–Kier alpha value is -2.07. The minimum absolute atomic E-state index is 0.531. The maximum atomic E-state index is 6.42. The van der Waals surface area contributed by atoms with Crippen LogP contribution in [0, 0.1) is 13.8 Å². The molecule has 1 aliphatic carbocycles. The largest absolute Gasteiger partial charge is 0.367 e. The van der Waals surface area contributed by atoms with Crippen LogP contribution in [-0.2, 0) is 0 Å². The molecule has 1 N–H and O–H groups in total. The Labute approximate surface area is 146 Å². The van der Waals surface area contributed by atoms with Gasteiger partial charge in [-0.1, -0.05) is 42.6 Å². The van der Waals surface area contributed by atoms with Crippen LogP contribution in [0.25, 0.3) is 16.8 Å². The van der Waals surface area contributed by atoms with Gasteiger partial charge in [0, 0.05) is 28.4 Å². The summed E-state index contributed by atoms with van der Waals surface area (Å²) in [6.45, 7) is 4.04. The van der Waals surface area contributed by atoms with Crippen LogP contribution in [0.15, 0.2) is 30.3 Å². The number of rotatable bonds is 3. The van der Waals surface area contributed by atoms with Gasteiger partial charge in [-0.3, -0.25) is 0 Å². The third-order valence-electron chi connectivity index (χ3n) is 4.74. The zero-order valence-electron chi connectivity index (χ0n) is 14.0. The topological polar surface area (TPSA) is 42.2 Å². The van der Waals surface area contributed by atoms with E-state index in [0.717, 1.165) is 39.0 Å². The quantitative estimate of drug-likeness (QED) is 0.727. The van der Waals surface area contributed by atoms with E-state index in [1.54, 1.807) is 0 Å². The number of aryl methyl sites for hydroxylation is 2. The highest BCUT2D eigenvalue weighted by Crippen LogP contribution is 2.34. The number of anilines is 1. The van der Waals surface area contributed by atoms with Gasteiger partial charge in [0.2, 0.25) is 0 Å². The first kappa shape index (κ1) is 15.5. The van der Waals surface area contributed by atoms with Gasteiger partial charge in [0.25, 0.3) is 0 Å². The van der Waals surface area contributed by atoms with E-state index in [4.69, 9.17) is 21.7 Å². The first-order valence-corrected chi connectivity index (χ1v) is 8.89. The molecule has 0 atom stereocenters. The summed E-state index contributed by atoms with van der Waals surface area (Å²) in [6, 6.07) is 10.5. The summed E-state index contributed by atoms with van der Waals surface area (Å²) in [5, 5.41) is 9.13. The second-order valence-corrected chi connectivity index (χ2v) is 6.99. The minimum Gasteiger partial charge on any atom is -0.367 e. The number of hydrogen-bond donors (Lipinski definition) is 1. The van der Waals surface area contributed by atoms with Crippen LogP contribution in [0.3, 0.4) is 0 Å². The molecule has 2 aromatic heterocycles. The van der Waals surface area contributed by atoms with Gasteiger partial charge in [-0.25, -0.2) is 4.98 Å². The number of benzene rings is 1. The molecular weight excluding hydrogens is 320 g/mol. The van der Waals surface area contributed by atoms with Crippen LogP contribution >= 0.6 is 11.6 Å². The number of fused-ring (bicyclic) bond motifs is 1. The molecule has 4 rings (SSSR count). The van der Waals surface area contributed by atoms with Crippen LogP contribution in [-0.4, -0.2) is 20.6 Å². The van der Waals surface area contributed by atoms with E-state index in [0.29, 0.717) is 6.04 Å². The van der Waals surface area contributed by atoms with Crippen molar-refractivity contribution in [3.05, 3.63) is 46.7 Å². The molecule has 0 spiro atoms. The van der Waals surface area contributed by atoms with Crippen molar-refractivity contribution < 1.29 is 0 Å². The average molecular weight is 341 g/mol. The monoisotopic (exact) mass is 340 g/mol. The summed E-state index contributed by atoms with van der Waals surface area (Å²) in [6.07, 6.45) is 5.04. The molecule has 0 amide bonds. The van der Waals surface area contributed by atoms with Crippen LogP contribution in [0.2, 0.25) is 5.02 Å². The number of halogens is 1. The maximum Gasteiger partial charge on any atom is 0.165 e. The standard InChI is InChI=1S/C19H21ClN4/c1-12-11-17(22-14-7-3-4-8-14)24-19(21-12)18(13(2)23-24)15-9-5-6-10-16(15)20/h5-6,9-11,14,22H,3-4,7-8H2,1-2H3. The van der Waals surface area contributed by atoms with Crippen LogP contribution in [0.4, 0.5) is 5.82 Å². The lowest BCUT2D eigenvalue weighted by atomic mass is 10.1. The third kappa shape index (κ3) is 2.65. The Morgan fingerprint density at radius 1 is 1.17 bits per heavy atom. The van der Waals surface area contributed by atoms with Crippen LogP contribution in [0.5, 0.6) is 0 Å². The third-order valence-corrected chi connectivity index (χ3v) is 5.07. The van der Waals surface area contributed by atoms with Crippen molar-refractivity contribution in [1.82, 2.24) is 14.6 Å². The van der Waals surface area contributed by atoms with E-state index >= 15 is 0 Å². The number of aromatic nitrogens is 3. The molecular formula is C19H21ClN4. The molecule has 124 valence electrons. The van der Waals surface area contributed by atoms with Crippen molar-refractivity contribution >= 4 is 23.1 Å². The predicted octanol–water partition coefficient (Wildman–Crippen LogP) is 5.02. The fourth-order valence-electron chi connectivity index (χ4n) is 3.61. The Balaban J connectivity index is 1.89. The van der Waals surface area contributed by atoms with Crippen molar-refractivity contribution in [3.63, 3.8) is 0 Å². The number of nitrogens with zero attached hydrogens (tertiary/aromatic N) is 3. The van der Waals surface area contributed by atoms with Crippen LogP contribution in [0.1, 0.15) is 37.1 Å². The molecule has 2 heterocycles. The van der Waals surface area contributed by atoms with Gasteiger partial charge in [-0.05, 0) is 32.8 Å². The predicted molar refractivity (Wildman–Crippen MR) is 98.8 cm³/mol. The molecule has 1 saturated carbocycles. The van der Waals surface area contributed by atoms with E-state index in [1.165, 1.54) is 25.7 Å². The average Bonchev–Trinajstić information content (AvgIpc) is 3.16. The van der Waals surface area contributed by atoms with Gasteiger partial charge in [0.1, 0.15) is 5.82 Å². The first-order valence-electron chi connectivity index (χ1n) is 8.52. The Kier molecular flexibility index (Phi) is 3.93. The molecule has 1 fully saturated rings. The van der Waals surface area contributed by atoms with Crippen molar-refractivity contribution in [2.75, 3.05) is 5.32 Å². The fourth-order valence-corrected chi connectivity index (χ4v) is 3.84. The molecule has 0 saturated heterocycles. The fraction of sp³-hybridized carbons (Fsp3) is 0.368. The molecule has 0 aliphatic heterocycles. The highest BCUT2D eigenvalue weighted by molar-refractivity contribution is 6.33.